The van der Waals surface area contributed by atoms with Crippen LogP contribution in [0.25, 0.3) is 0 Å². The lowest BCUT2D eigenvalue weighted by Gasteiger charge is -2.26. The van der Waals surface area contributed by atoms with Crippen LogP contribution in [0.1, 0.15) is 38.3 Å². The first kappa shape index (κ1) is 25.8. The highest BCUT2D eigenvalue weighted by Crippen LogP contribution is 2.31. The van der Waals surface area contributed by atoms with Crippen LogP contribution < -0.4 is 14.8 Å². The number of benzene rings is 1. The van der Waals surface area contributed by atoms with Gasteiger partial charge in [-0.15, -0.1) is 24.0 Å². The van der Waals surface area contributed by atoms with Crippen molar-refractivity contribution < 1.29 is 9.47 Å². The number of methoxy groups -OCH3 is 2. The molecule has 0 radical (unpaired) electrons. The van der Waals surface area contributed by atoms with Gasteiger partial charge in [-0.2, -0.15) is 0 Å². The van der Waals surface area contributed by atoms with E-state index < -0.39 is 0 Å². The van der Waals surface area contributed by atoms with Crippen molar-refractivity contribution in [2.75, 3.05) is 55.0 Å². The summed E-state index contributed by atoms with van der Waals surface area (Å²) in [6.07, 6.45) is 2.34. The fourth-order valence-corrected chi connectivity index (χ4v) is 2.77. The molecule has 0 spiro atoms. The maximum atomic E-state index is 5.45. The molecule has 0 heterocycles. The summed E-state index contributed by atoms with van der Waals surface area (Å²) in [7, 11) is 9.56. The fourth-order valence-electron chi connectivity index (χ4n) is 2.77. The number of halogens is 1. The molecule has 0 saturated heterocycles. The van der Waals surface area contributed by atoms with Crippen LogP contribution in [0.15, 0.2) is 23.2 Å². The molecule has 156 valence electrons. The summed E-state index contributed by atoms with van der Waals surface area (Å²) >= 11 is 0. The first-order valence-electron chi connectivity index (χ1n) is 9.36. The minimum absolute atomic E-state index is 0. The Morgan fingerprint density at radius 2 is 1.78 bits per heavy atom. The van der Waals surface area contributed by atoms with Gasteiger partial charge in [0.2, 0.25) is 0 Å². The fraction of sp³-hybridized carbons (Fsp3) is 0.650. The van der Waals surface area contributed by atoms with Gasteiger partial charge in [0, 0.05) is 20.1 Å². The van der Waals surface area contributed by atoms with Gasteiger partial charge in [-0.05, 0) is 45.1 Å². The average molecular weight is 492 g/mol. The number of nitrogens with zero attached hydrogens (tertiary/aromatic N) is 3. The van der Waals surface area contributed by atoms with Gasteiger partial charge in [0.15, 0.2) is 17.5 Å². The van der Waals surface area contributed by atoms with Crippen LogP contribution in [-0.4, -0.2) is 70.8 Å². The second kappa shape index (κ2) is 13.9. The molecular weight excluding hydrogens is 455 g/mol. The van der Waals surface area contributed by atoms with Crippen molar-refractivity contribution in [3.63, 3.8) is 0 Å². The Kier molecular flexibility index (Phi) is 13.2. The van der Waals surface area contributed by atoms with E-state index in [1.807, 2.05) is 12.1 Å². The molecule has 0 bridgehead atoms. The van der Waals surface area contributed by atoms with E-state index in [9.17, 15) is 0 Å². The molecule has 0 saturated carbocycles. The molecule has 1 rings (SSSR count). The summed E-state index contributed by atoms with van der Waals surface area (Å²) in [6, 6.07) is 6.22. The number of hydrogen-bond donors (Lipinski definition) is 1. The Morgan fingerprint density at radius 3 is 2.30 bits per heavy atom. The monoisotopic (exact) mass is 492 g/mol. The second-order valence-corrected chi connectivity index (χ2v) is 6.56. The highest BCUT2D eigenvalue weighted by atomic mass is 127. The van der Waals surface area contributed by atoms with Crippen molar-refractivity contribution in [2.24, 2.45) is 4.99 Å². The van der Waals surface area contributed by atoms with Gasteiger partial charge in [0.05, 0.1) is 26.8 Å². The van der Waals surface area contributed by atoms with Crippen molar-refractivity contribution >= 4 is 29.9 Å². The van der Waals surface area contributed by atoms with E-state index in [0.717, 1.165) is 42.5 Å². The molecule has 0 aliphatic carbocycles. The smallest absolute Gasteiger partial charge is 0.193 e. The molecule has 0 aliphatic heterocycles. The number of unbranched alkanes of at least 4 members (excludes halogenated alkanes) is 1. The molecule has 0 amide bonds. The number of likely N-dealkylation sites (N-methyl/N-ethyl adjacent to an activating group) is 1. The van der Waals surface area contributed by atoms with Crippen molar-refractivity contribution in [1.82, 2.24) is 15.1 Å². The normalized spacial score (nSPS) is 12.4. The second-order valence-electron chi connectivity index (χ2n) is 6.56. The van der Waals surface area contributed by atoms with Crippen LogP contribution in [-0.2, 0) is 0 Å². The number of ether oxygens (including phenoxy) is 2. The van der Waals surface area contributed by atoms with E-state index in [1.54, 1.807) is 14.2 Å². The molecule has 1 aromatic rings. The molecule has 6 nitrogen and oxygen atoms in total. The van der Waals surface area contributed by atoms with E-state index in [-0.39, 0.29) is 30.0 Å². The quantitative estimate of drug-likeness (QED) is 0.307. The lowest BCUT2D eigenvalue weighted by atomic mass is 10.1. The zero-order valence-corrected chi connectivity index (χ0v) is 20.2. The Bertz CT molecular complexity index is 567. The molecule has 1 aromatic carbocycles. The summed E-state index contributed by atoms with van der Waals surface area (Å²) in [4.78, 5) is 9.26. The van der Waals surface area contributed by atoms with E-state index in [1.165, 1.54) is 6.42 Å². The number of nitrogens with one attached hydrogen (secondary N) is 1. The van der Waals surface area contributed by atoms with Gasteiger partial charge in [0.25, 0.3) is 0 Å². The Balaban J connectivity index is 0.00000676. The maximum absolute atomic E-state index is 5.45. The topological polar surface area (TPSA) is 49.3 Å². The lowest BCUT2D eigenvalue weighted by molar-refractivity contribution is 0.302. The van der Waals surface area contributed by atoms with Gasteiger partial charge < -0.3 is 24.6 Å². The minimum atomic E-state index is 0. The molecule has 7 heteroatoms. The van der Waals surface area contributed by atoms with Gasteiger partial charge in [-0.1, -0.05) is 19.4 Å². The van der Waals surface area contributed by atoms with Crippen LogP contribution >= 0.6 is 24.0 Å². The Morgan fingerprint density at radius 1 is 1.11 bits per heavy atom. The third-order valence-corrected chi connectivity index (χ3v) is 4.37. The van der Waals surface area contributed by atoms with Gasteiger partial charge >= 0.3 is 0 Å². The van der Waals surface area contributed by atoms with Gasteiger partial charge in [-0.25, -0.2) is 0 Å². The Labute approximate surface area is 182 Å². The van der Waals surface area contributed by atoms with Crippen LogP contribution in [0.2, 0.25) is 0 Å². The SMILES string of the molecule is CCCCN(C)C(=NCC(c1ccc(OC)c(OC)c1)N(C)C)NCC.I. The summed E-state index contributed by atoms with van der Waals surface area (Å²) < 4.78 is 10.8. The van der Waals surface area contributed by atoms with Crippen LogP contribution in [0.3, 0.4) is 0 Å². The number of hydrogen-bond acceptors (Lipinski definition) is 4. The first-order chi connectivity index (χ1) is 12.5. The van der Waals surface area contributed by atoms with Crippen LogP contribution in [0.5, 0.6) is 11.5 Å². The van der Waals surface area contributed by atoms with Crippen LogP contribution in [0, 0.1) is 0 Å². The first-order valence-corrected chi connectivity index (χ1v) is 9.36. The van der Waals surface area contributed by atoms with Crippen molar-refractivity contribution in [3.8, 4) is 11.5 Å². The van der Waals surface area contributed by atoms with E-state index >= 15 is 0 Å². The zero-order chi connectivity index (χ0) is 19.5. The number of aliphatic imine (C=N–C) groups is 1. The third-order valence-electron chi connectivity index (χ3n) is 4.37. The lowest BCUT2D eigenvalue weighted by Crippen LogP contribution is -2.40. The highest BCUT2D eigenvalue weighted by molar-refractivity contribution is 14.0. The average Bonchev–Trinajstić information content (AvgIpc) is 2.64. The summed E-state index contributed by atoms with van der Waals surface area (Å²) in [6.45, 7) is 6.84. The summed E-state index contributed by atoms with van der Waals surface area (Å²) in [5.41, 5.74) is 1.16. The molecular formula is C20H37IN4O2. The Hall–Kier alpha value is -1.22. The molecule has 0 aliphatic rings. The van der Waals surface area contributed by atoms with Crippen LogP contribution in [0.4, 0.5) is 0 Å². The molecule has 1 unspecified atom stereocenters. The van der Waals surface area contributed by atoms with Crippen molar-refractivity contribution in [3.05, 3.63) is 23.8 Å². The number of guanidine groups is 1. The predicted octanol–water partition coefficient (Wildman–Crippen LogP) is 3.62. The maximum Gasteiger partial charge on any atom is 0.193 e. The summed E-state index contributed by atoms with van der Waals surface area (Å²) in [5.74, 6) is 2.44. The third kappa shape index (κ3) is 8.13. The molecule has 1 N–H and O–H groups in total. The highest BCUT2D eigenvalue weighted by Gasteiger charge is 2.17. The molecule has 0 aromatic heterocycles. The summed E-state index contributed by atoms with van der Waals surface area (Å²) in [5, 5.41) is 3.39. The van der Waals surface area contributed by atoms with Crippen molar-refractivity contribution in [2.45, 2.75) is 32.7 Å². The van der Waals surface area contributed by atoms with Crippen molar-refractivity contribution in [1.29, 1.82) is 0 Å². The van der Waals surface area contributed by atoms with E-state index in [4.69, 9.17) is 14.5 Å². The van der Waals surface area contributed by atoms with Gasteiger partial charge in [0.1, 0.15) is 0 Å². The zero-order valence-electron chi connectivity index (χ0n) is 17.9. The standard InChI is InChI=1S/C20H36N4O2.HI/c1-8-10-13-24(5)20(21-9-2)22-15-17(23(3)4)16-11-12-18(25-6)19(14-16)26-7;/h11-12,14,17H,8-10,13,15H2,1-7H3,(H,21,22);1H. The molecule has 27 heavy (non-hydrogen) atoms. The van der Waals surface area contributed by atoms with E-state index in [2.05, 4.69) is 56.2 Å². The largest absolute Gasteiger partial charge is 0.493 e. The number of rotatable bonds is 10. The predicted molar refractivity (Wildman–Crippen MR) is 125 cm³/mol. The van der Waals surface area contributed by atoms with Gasteiger partial charge in [-0.3, -0.25) is 4.99 Å². The molecule has 1 atom stereocenters. The minimum Gasteiger partial charge on any atom is -0.493 e. The van der Waals surface area contributed by atoms with E-state index in [0.29, 0.717) is 6.54 Å². The molecule has 0 fully saturated rings.